The monoisotopic (exact) mass is 415 g/mol. The van der Waals surface area contributed by atoms with Crippen molar-refractivity contribution in [2.24, 2.45) is 5.41 Å². The smallest absolute Gasteiger partial charge is 0.231 e. The summed E-state index contributed by atoms with van der Waals surface area (Å²) in [4.78, 5) is 22.2. The molecular formula is C23H21N5O3. The molecule has 3 aliphatic rings. The molecule has 0 amide bonds. The molecule has 1 atom stereocenters. The number of benzene rings is 1. The number of pyridine rings is 1. The van der Waals surface area contributed by atoms with E-state index in [4.69, 9.17) is 19.6 Å². The van der Waals surface area contributed by atoms with Crippen molar-refractivity contribution in [1.82, 2.24) is 19.7 Å². The first-order valence-corrected chi connectivity index (χ1v) is 10.3. The Morgan fingerprint density at radius 1 is 1.16 bits per heavy atom. The first kappa shape index (κ1) is 18.1. The van der Waals surface area contributed by atoms with Crippen molar-refractivity contribution in [3.05, 3.63) is 59.6 Å². The van der Waals surface area contributed by atoms with Gasteiger partial charge in [-0.2, -0.15) is 4.98 Å². The van der Waals surface area contributed by atoms with Gasteiger partial charge in [0.25, 0.3) is 0 Å². The molecule has 8 nitrogen and oxygen atoms in total. The Morgan fingerprint density at radius 3 is 2.87 bits per heavy atom. The van der Waals surface area contributed by atoms with Crippen LogP contribution in [-0.2, 0) is 4.79 Å². The van der Waals surface area contributed by atoms with E-state index in [0.717, 1.165) is 28.8 Å². The third-order valence-corrected chi connectivity index (χ3v) is 5.96. The Kier molecular flexibility index (Phi) is 3.74. The zero-order valence-corrected chi connectivity index (χ0v) is 17.3. The number of ketones is 1. The van der Waals surface area contributed by atoms with Crippen LogP contribution < -0.4 is 14.8 Å². The minimum Gasteiger partial charge on any atom is -0.454 e. The molecule has 1 aliphatic carbocycles. The number of Topliss-reactive ketones (excluding diaryl/α,β-unsaturated/α-hetero) is 1. The molecule has 0 bridgehead atoms. The molecule has 1 aromatic carbocycles. The molecule has 31 heavy (non-hydrogen) atoms. The van der Waals surface area contributed by atoms with Gasteiger partial charge in [-0.1, -0.05) is 19.9 Å². The van der Waals surface area contributed by atoms with Crippen LogP contribution in [0.5, 0.6) is 11.5 Å². The number of rotatable bonds is 2. The molecule has 6 rings (SSSR count). The van der Waals surface area contributed by atoms with Gasteiger partial charge in [0, 0.05) is 35.6 Å². The molecule has 0 spiro atoms. The van der Waals surface area contributed by atoms with Crippen LogP contribution in [0.3, 0.4) is 0 Å². The number of anilines is 1. The first-order valence-electron chi connectivity index (χ1n) is 10.3. The second-order valence-electron chi connectivity index (χ2n) is 8.92. The molecule has 4 heterocycles. The van der Waals surface area contributed by atoms with Crippen molar-refractivity contribution >= 4 is 11.7 Å². The van der Waals surface area contributed by atoms with Gasteiger partial charge in [0.1, 0.15) is 6.04 Å². The number of nitrogens with one attached hydrogen (secondary N) is 1. The lowest BCUT2D eigenvalue weighted by Gasteiger charge is -2.38. The summed E-state index contributed by atoms with van der Waals surface area (Å²) >= 11 is 0. The first-order chi connectivity index (χ1) is 15.0. The maximum absolute atomic E-state index is 13.3. The van der Waals surface area contributed by atoms with Gasteiger partial charge in [-0.15, -0.1) is 5.10 Å². The Balaban J connectivity index is 1.53. The summed E-state index contributed by atoms with van der Waals surface area (Å²) < 4.78 is 12.9. The topological polar surface area (TPSA) is 91.2 Å². The van der Waals surface area contributed by atoms with E-state index in [9.17, 15) is 4.79 Å². The number of carbonyl (C=O) groups excluding carboxylic acids is 1. The highest BCUT2D eigenvalue weighted by molar-refractivity contribution is 6.00. The van der Waals surface area contributed by atoms with Crippen molar-refractivity contribution in [3.8, 4) is 22.9 Å². The second-order valence-corrected chi connectivity index (χ2v) is 8.92. The summed E-state index contributed by atoms with van der Waals surface area (Å²) in [5.74, 6) is 2.69. The molecule has 0 fully saturated rings. The highest BCUT2D eigenvalue weighted by Gasteiger charge is 2.42. The largest absolute Gasteiger partial charge is 0.454 e. The summed E-state index contributed by atoms with van der Waals surface area (Å²) in [6.45, 7) is 4.44. The van der Waals surface area contributed by atoms with Crippen molar-refractivity contribution in [2.45, 2.75) is 32.7 Å². The van der Waals surface area contributed by atoms with Crippen LogP contribution in [0.4, 0.5) is 5.95 Å². The number of fused-ring (bicyclic) bond motifs is 2. The molecule has 0 saturated carbocycles. The molecule has 156 valence electrons. The van der Waals surface area contributed by atoms with Gasteiger partial charge >= 0.3 is 0 Å². The van der Waals surface area contributed by atoms with E-state index >= 15 is 0 Å². The average Bonchev–Trinajstić information content (AvgIpc) is 3.38. The van der Waals surface area contributed by atoms with E-state index in [1.165, 1.54) is 0 Å². The minimum absolute atomic E-state index is 0.114. The number of nitrogens with zero attached hydrogens (tertiary/aromatic N) is 4. The summed E-state index contributed by atoms with van der Waals surface area (Å²) in [6.07, 6.45) is 4.71. The SMILES string of the molecule is CC1(C)CC(=O)C2=C(C1)Nc1nc(-c3cccnc3)nn1C2c1ccc2c(c1)OCO2. The molecule has 2 aromatic heterocycles. The lowest BCUT2D eigenvalue weighted by Crippen LogP contribution is -2.36. The average molecular weight is 415 g/mol. The summed E-state index contributed by atoms with van der Waals surface area (Å²) in [5.41, 5.74) is 3.28. The Hall–Kier alpha value is -3.68. The lowest BCUT2D eigenvalue weighted by molar-refractivity contribution is -0.118. The number of aromatic nitrogens is 4. The van der Waals surface area contributed by atoms with Crippen molar-refractivity contribution < 1.29 is 14.3 Å². The Bertz CT molecular complexity index is 1250. The van der Waals surface area contributed by atoms with E-state index in [2.05, 4.69) is 24.1 Å². The summed E-state index contributed by atoms with van der Waals surface area (Å²) in [5, 5.41) is 8.18. The van der Waals surface area contributed by atoms with Gasteiger partial charge < -0.3 is 14.8 Å². The van der Waals surface area contributed by atoms with Gasteiger partial charge in [0.15, 0.2) is 23.1 Å². The van der Waals surface area contributed by atoms with Crippen LogP contribution in [0.2, 0.25) is 0 Å². The van der Waals surface area contributed by atoms with Crippen LogP contribution in [0.1, 0.15) is 38.3 Å². The quantitative estimate of drug-likeness (QED) is 0.682. The van der Waals surface area contributed by atoms with E-state index in [0.29, 0.717) is 29.7 Å². The van der Waals surface area contributed by atoms with Gasteiger partial charge in [-0.25, -0.2) is 4.68 Å². The standard InChI is InChI=1S/C23H21N5O3/c1-23(2)9-15-19(16(29)10-23)20(13-5-6-17-18(8-13)31-12-30-17)28-22(25-15)26-21(27-28)14-4-3-7-24-11-14/h3-8,11,20H,9-10,12H2,1-2H3,(H,25,26,27). The fraction of sp³-hybridized carbons (Fsp3) is 0.304. The summed E-state index contributed by atoms with van der Waals surface area (Å²) in [7, 11) is 0. The van der Waals surface area contributed by atoms with Crippen LogP contribution in [0.15, 0.2) is 54.0 Å². The zero-order chi connectivity index (χ0) is 21.2. The van der Waals surface area contributed by atoms with Crippen molar-refractivity contribution in [3.63, 3.8) is 0 Å². The van der Waals surface area contributed by atoms with Crippen LogP contribution in [0.25, 0.3) is 11.4 Å². The number of hydrogen-bond donors (Lipinski definition) is 1. The highest BCUT2D eigenvalue weighted by atomic mass is 16.7. The molecule has 2 aliphatic heterocycles. The number of hydrogen-bond acceptors (Lipinski definition) is 7. The summed E-state index contributed by atoms with van der Waals surface area (Å²) in [6, 6.07) is 9.18. The number of allylic oxidation sites excluding steroid dienone is 2. The number of ether oxygens (including phenoxy) is 2. The van der Waals surface area contributed by atoms with E-state index in [1.807, 2.05) is 30.3 Å². The van der Waals surface area contributed by atoms with Gasteiger partial charge in [0.05, 0.1) is 0 Å². The normalized spacial score (nSPS) is 20.8. The Labute approximate surface area is 178 Å². The molecule has 3 aromatic rings. The molecule has 1 unspecified atom stereocenters. The highest BCUT2D eigenvalue weighted by Crippen LogP contribution is 2.47. The fourth-order valence-electron chi connectivity index (χ4n) is 4.62. The van der Waals surface area contributed by atoms with Gasteiger partial charge in [-0.3, -0.25) is 9.78 Å². The van der Waals surface area contributed by atoms with E-state index in [-0.39, 0.29) is 24.0 Å². The molecule has 0 radical (unpaired) electrons. The second kappa shape index (κ2) is 6.41. The number of carbonyl (C=O) groups is 1. The molecule has 1 N–H and O–H groups in total. The van der Waals surface area contributed by atoms with Crippen LogP contribution in [-0.4, -0.2) is 32.3 Å². The van der Waals surface area contributed by atoms with Gasteiger partial charge in [-0.05, 0) is 41.7 Å². The Morgan fingerprint density at radius 2 is 2.03 bits per heavy atom. The van der Waals surface area contributed by atoms with Crippen LogP contribution in [0, 0.1) is 5.41 Å². The predicted molar refractivity (Wildman–Crippen MR) is 113 cm³/mol. The molecule has 8 heteroatoms. The zero-order valence-electron chi connectivity index (χ0n) is 17.3. The van der Waals surface area contributed by atoms with Gasteiger partial charge in [0.2, 0.25) is 12.7 Å². The fourth-order valence-corrected chi connectivity index (χ4v) is 4.62. The van der Waals surface area contributed by atoms with E-state index in [1.54, 1.807) is 17.1 Å². The third-order valence-electron chi connectivity index (χ3n) is 5.96. The van der Waals surface area contributed by atoms with Crippen molar-refractivity contribution in [2.75, 3.05) is 12.1 Å². The lowest BCUT2D eigenvalue weighted by atomic mass is 9.73. The van der Waals surface area contributed by atoms with Crippen LogP contribution >= 0.6 is 0 Å². The maximum atomic E-state index is 13.3. The van der Waals surface area contributed by atoms with E-state index < -0.39 is 0 Å². The molecular weight excluding hydrogens is 394 g/mol. The minimum atomic E-state index is -0.387. The third kappa shape index (κ3) is 2.90. The molecule has 0 saturated heterocycles. The maximum Gasteiger partial charge on any atom is 0.231 e. The predicted octanol–water partition coefficient (Wildman–Crippen LogP) is 3.73. The van der Waals surface area contributed by atoms with Crippen molar-refractivity contribution in [1.29, 1.82) is 0 Å².